The second-order valence-electron chi connectivity index (χ2n) is 6.31. The van der Waals surface area contributed by atoms with E-state index in [-0.39, 0.29) is 0 Å². The minimum atomic E-state index is 0.334. The maximum atomic E-state index is 6.06. The third-order valence-corrected chi connectivity index (χ3v) is 5.28. The number of nitrogens with zero attached hydrogens (tertiary/aromatic N) is 3. The van der Waals surface area contributed by atoms with Gasteiger partial charge in [0.1, 0.15) is 0 Å². The van der Waals surface area contributed by atoms with Gasteiger partial charge in [-0.2, -0.15) is 0 Å². The van der Waals surface area contributed by atoms with Crippen molar-refractivity contribution >= 4 is 5.95 Å². The fraction of sp³-hybridized carbons (Fsp3) is 0.600. The SMILES string of the molecule is CC(C1CC2CCC1C2)n1c(N)nnc1-c1ccco1. The highest BCUT2D eigenvalue weighted by atomic mass is 16.3. The average Bonchev–Trinajstić information content (AvgIpc) is 3.21. The summed E-state index contributed by atoms with van der Waals surface area (Å²) in [5.41, 5.74) is 6.06. The molecule has 0 aliphatic heterocycles. The van der Waals surface area contributed by atoms with Crippen LogP contribution in [0.4, 0.5) is 5.95 Å². The molecule has 106 valence electrons. The maximum absolute atomic E-state index is 6.06. The lowest BCUT2D eigenvalue weighted by Gasteiger charge is -2.29. The van der Waals surface area contributed by atoms with Gasteiger partial charge in [-0.1, -0.05) is 6.42 Å². The van der Waals surface area contributed by atoms with Gasteiger partial charge in [-0.25, -0.2) is 0 Å². The highest BCUT2D eigenvalue weighted by Crippen LogP contribution is 2.52. The Labute approximate surface area is 118 Å². The van der Waals surface area contributed by atoms with Crippen LogP contribution in [0.15, 0.2) is 22.8 Å². The Hall–Kier alpha value is -1.78. The molecule has 2 bridgehead atoms. The first-order valence-corrected chi connectivity index (χ1v) is 7.48. The molecule has 0 saturated heterocycles. The maximum Gasteiger partial charge on any atom is 0.222 e. The lowest BCUT2D eigenvalue weighted by atomic mass is 9.84. The molecule has 0 aromatic carbocycles. The van der Waals surface area contributed by atoms with Gasteiger partial charge >= 0.3 is 0 Å². The first-order chi connectivity index (χ1) is 9.74. The molecule has 0 spiro atoms. The van der Waals surface area contributed by atoms with E-state index in [1.165, 1.54) is 25.7 Å². The second kappa shape index (κ2) is 4.36. The van der Waals surface area contributed by atoms with E-state index in [2.05, 4.69) is 21.7 Å². The molecule has 2 N–H and O–H groups in total. The Bertz CT molecular complexity index is 603. The van der Waals surface area contributed by atoms with Crippen molar-refractivity contribution in [3.05, 3.63) is 18.4 Å². The molecule has 20 heavy (non-hydrogen) atoms. The van der Waals surface area contributed by atoms with Crippen LogP contribution < -0.4 is 5.73 Å². The molecule has 0 amide bonds. The lowest BCUT2D eigenvalue weighted by Crippen LogP contribution is -2.23. The van der Waals surface area contributed by atoms with E-state index in [1.807, 2.05) is 12.1 Å². The van der Waals surface area contributed by atoms with Crippen LogP contribution in [-0.4, -0.2) is 14.8 Å². The van der Waals surface area contributed by atoms with Gasteiger partial charge in [0.25, 0.3) is 0 Å². The van der Waals surface area contributed by atoms with E-state index in [9.17, 15) is 0 Å². The van der Waals surface area contributed by atoms with Gasteiger partial charge in [0.05, 0.1) is 6.26 Å². The van der Waals surface area contributed by atoms with Gasteiger partial charge in [-0.3, -0.25) is 4.57 Å². The number of aromatic nitrogens is 3. The van der Waals surface area contributed by atoms with Crippen LogP contribution in [0.3, 0.4) is 0 Å². The van der Waals surface area contributed by atoms with Crippen LogP contribution in [0.25, 0.3) is 11.6 Å². The molecule has 2 fully saturated rings. The standard InChI is InChI=1S/C15H20N4O/c1-9(12-8-10-4-5-11(12)7-10)19-14(17-18-15(19)16)13-3-2-6-20-13/h2-3,6,9-12H,4-5,7-8H2,1H3,(H2,16,18). The summed E-state index contributed by atoms with van der Waals surface area (Å²) in [6, 6.07) is 4.11. The molecule has 2 aliphatic rings. The fourth-order valence-electron chi connectivity index (χ4n) is 4.35. The van der Waals surface area contributed by atoms with Crippen LogP contribution in [-0.2, 0) is 0 Å². The van der Waals surface area contributed by atoms with Crippen LogP contribution in [0, 0.1) is 17.8 Å². The number of nitrogens with two attached hydrogens (primary N) is 1. The summed E-state index contributed by atoms with van der Waals surface area (Å²) in [6.07, 6.45) is 7.16. The Kier molecular flexibility index (Phi) is 2.62. The normalized spacial score (nSPS) is 29.9. The van der Waals surface area contributed by atoms with Crippen molar-refractivity contribution in [2.75, 3.05) is 5.73 Å². The fourth-order valence-corrected chi connectivity index (χ4v) is 4.35. The molecule has 5 heteroatoms. The lowest BCUT2D eigenvalue weighted by molar-refractivity contribution is 0.245. The molecule has 2 aromatic heterocycles. The van der Waals surface area contributed by atoms with Gasteiger partial charge in [-0.05, 0) is 56.1 Å². The summed E-state index contributed by atoms with van der Waals surface area (Å²) >= 11 is 0. The first-order valence-electron chi connectivity index (χ1n) is 7.48. The van der Waals surface area contributed by atoms with E-state index >= 15 is 0 Å². The third kappa shape index (κ3) is 1.69. The van der Waals surface area contributed by atoms with E-state index in [1.54, 1.807) is 6.26 Å². The Balaban J connectivity index is 1.70. The number of furan rings is 1. The predicted molar refractivity (Wildman–Crippen MR) is 75.8 cm³/mol. The van der Waals surface area contributed by atoms with Crippen LogP contribution in [0.1, 0.15) is 38.6 Å². The summed E-state index contributed by atoms with van der Waals surface area (Å²) in [4.78, 5) is 0. The summed E-state index contributed by atoms with van der Waals surface area (Å²) in [5.74, 6) is 4.46. The largest absolute Gasteiger partial charge is 0.461 e. The number of anilines is 1. The van der Waals surface area contributed by atoms with Gasteiger partial charge in [0.2, 0.25) is 11.8 Å². The predicted octanol–water partition coefficient (Wildman–Crippen LogP) is 3.12. The zero-order valence-electron chi connectivity index (χ0n) is 11.7. The molecule has 2 aliphatic carbocycles. The Morgan fingerprint density at radius 3 is 2.90 bits per heavy atom. The zero-order valence-corrected chi connectivity index (χ0v) is 11.7. The summed E-state index contributed by atoms with van der Waals surface area (Å²) in [5, 5.41) is 8.26. The van der Waals surface area contributed by atoms with Crippen LogP contribution in [0.5, 0.6) is 0 Å². The van der Waals surface area contributed by atoms with Crippen molar-refractivity contribution in [3.63, 3.8) is 0 Å². The van der Waals surface area contributed by atoms with Crippen molar-refractivity contribution in [1.82, 2.24) is 14.8 Å². The average molecular weight is 272 g/mol. The Morgan fingerprint density at radius 2 is 2.25 bits per heavy atom. The minimum Gasteiger partial charge on any atom is -0.461 e. The molecule has 5 nitrogen and oxygen atoms in total. The number of fused-ring (bicyclic) bond motifs is 2. The quantitative estimate of drug-likeness (QED) is 0.932. The van der Waals surface area contributed by atoms with Crippen molar-refractivity contribution in [2.24, 2.45) is 17.8 Å². The first kappa shape index (κ1) is 12.0. The van der Waals surface area contributed by atoms with Gasteiger partial charge in [0.15, 0.2) is 5.76 Å². The van der Waals surface area contributed by atoms with E-state index in [4.69, 9.17) is 10.2 Å². The van der Waals surface area contributed by atoms with Gasteiger partial charge < -0.3 is 10.2 Å². The third-order valence-electron chi connectivity index (χ3n) is 5.28. The molecule has 2 heterocycles. The van der Waals surface area contributed by atoms with E-state index < -0.39 is 0 Å². The van der Waals surface area contributed by atoms with Crippen molar-refractivity contribution < 1.29 is 4.42 Å². The number of rotatable bonds is 3. The number of hydrogen-bond donors (Lipinski definition) is 1. The van der Waals surface area contributed by atoms with Gasteiger partial charge in [0, 0.05) is 6.04 Å². The van der Waals surface area contributed by atoms with Crippen molar-refractivity contribution in [2.45, 2.75) is 38.6 Å². The molecule has 2 saturated carbocycles. The zero-order chi connectivity index (χ0) is 13.7. The van der Waals surface area contributed by atoms with Crippen molar-refractivity contribution in [3.8, 4) is 11.6 Å². The highest BCUT2D eigenvalue weighted by Gasteiger charge is 2.43. The summed E-state index contributed by atoms with van der Waals surface area (Å²) in [7, 11) is 0. The smallest absolute Gasteiger partial charge is 0.222 e. The molecule has 2 aromatic rings. The van der Waals surface area contributed by atoms with Gasteiger partial charge in [-0.15, -0.1) is 10.2 Å². The Morgan fingerprint density at radius 1 is 1.35 bits per heavy atom. The molecule has 4 unspecified atom stereocenters. The minimum absolute atomic E-state index is 0.334. The molecule has 4 rings (SSSR count). The summed E-state index contributed by atoms with van der Waals surface area (Å²) < 4.78 is 7.53. The number of nitrogen functional groups attached to an aromatic ring is 1. The van der Waals surface area contributed by atoms with Crippen molar-refractivity contribution in [1.29, 1.82) is 0 Å². The highest BCUT2D eigenvalue weighted by molar-refractivity contribution is 5.49. The monoisotopic (exact) mass is 272 g/mol. The second-order valence-corrected chi connectivity index (χ2v) is 6.31. The van der Waals surface area contributed by atoms with Crippen LogP contribution in [0.2, 0.25) is 0 Å². The number of hydrogen-bond acceptors (Lipinski definition) is 4. The van der Waals surface area contributed by atoms with Crippen LogP contribution >= 0.6 is 0 Å². The summed E-state index contributed by atoms with van der Waals surface area (Å²) in [6.45, 7) is 2.25. The van der Waals surface area contributed by atoms with E-state index in [0.717, 1.165) is 23.4 Å². The topological polar surface area (TPSA) is 69.9 Å². The molecule has 4 atom stereocenters. The molecular weight excluding hydrogens is 252 g/mol. The molecular formula is C15H20N4O. The van der Waals surface area contributed by atoms with E-state index in [0.29, 0.717) is 17.9 Å². The molecule has 0 radical (unpaired) electrons.